The van der Waals surface area contributed by atoms with Crippen molar-refractivity contribution in [2.24, 2.45) is 17.6 Å². The van der Waals surface area contributed by atoms with Gasteiger partial charge in [-0.15, -0.1) is 0 Å². The molecule has 1 aromatic carbocycles. The van der Waals surface area contributed by atoms with E-state index in [1.54, 1.807) is 4.90 Å². The van der Waals surface area contributed by atoms with Crippen LogP contribution in [0, 0.1) is 25.7 Å². The second kappa shape index (κ2) is 8.18. The molecule has 0 aromatic heterocycles. The maximum absolute atomic E-state index is 12.4. The number of amides is 1. The molecule has 0 aliphatic carbocycles. The summed E-state index contributed by atoms with van der Waals surface area (Å²) in [5.41, 5.74) is 9.02. The fraction of sp³-hybridized carbons (Fsp3) is 0.611. The molecule has 1 aromatic rings. The van der Waals surface area contributed by atoms with E-state index in [1.165, 1.54) is 11.1 Å². The minimum atomic E-state index is 0.183. The Morgan fingerprint density at radius 3 is 2.19 bits per heavy atom. The highest BCUT2D eigenvalue weighted by Crippen LogP contribution is 2.23. The van der Waals surface area contributed by atoms with E-state index in [1.807, 2.05) is 7.05 Å². The third-order valence-corrected chi connectivity index (χ3v) is 4.18. The van der Waals surface area contributed by atoms with Gasteiger partial charge in [0.2, 0.25) is 5.91 Å². The second-order valence-electron chi connectivity index (χ2n) is 6.42. The average Bonchev–Trinajstić information content (AvgIpc) is 2.40. The highest BCUT2D eigenvalue weighted by atomic mass is 16.2. The minimum absolute atomic E-state index is 0.183. The molecule has 1 unspecified atom stereocenters. The molecule has 2 N–H and O–H groups in total. The summed E-state index contributed by atoms with van der Waals surface area (Å²) in [5, 5.41) is 0. The Morgan fingerprint density at radius 2 is 1.71 bits per heavy atom. The zero-order chi connectivity index (χ0) is 16.0. The number of rotatable bonds is 7. The lowest BCUT2D eigenvalue weighted by molar-refractivity contribution is -0.118. The Labute approximate surface area is 129 Å². The average molecular weight is 290 g/mol. The summed E-state index contributed by atoms with van der Waals surface area (Å²) in [6.45, 7) is 9.23. The summed E-state index contributed by atoms with van der Waals surface area (Å²) in [5.74, 6) is 1.29. The zero-order valence-corrected chi connectivity index (χ0v) is 14.1. The van der Waals surface area contributed by atoms with Crippen molar-refractivity contribution >= 4 is 11.6 Å². The van der Waals surface area contributed by atoms with Crippen molar-refractivity contribution in [1.29, 1.82) is 0 Å². The Balaban J connectivity index is 2.66. The minimum Gasteiger partial charge on any atom is -0.330 e. The first-order valence-electron chi connectivity index (χ1n) is 7.90. The van der Waals surface area contributed by atoms with E-state index in [0.29, 0.717) is 24.8 Å². The number of carbonyl (C=O) groups is 1. The van der Waals surface area contributed by atoms with Gasteiger partial charge in [0.1, 0.15) is 0 Å². The second-order valence-corrected chi connectivity index (χ2v) is 6.42. The van der Waals surface area contributed by atoms with Gasteiger partial charge in [-0.25, -0.2) is 0 Å². The van der Waals surface area contributed by atoms with Crippen LogP contribution in [0.25, 0.3) is 0 Å². The van der Waals surface area contributed by atoms with Crippen LogP contribution in [-0.2, 0) is 4.79 Å². The first-order chi connectivity index (χ1) is 9.85. The molecule has 3 heteroatoms. The quantitative estimate of drug-likeness (QED) is 0.833. The smallest absolute Gasteiger partial charge is 0.226 e. The third kappa shape index (κ3) is 5.50. The van der Waals surface area contributed by atoms with Crippen LogP contribution < -0.4 is 10.6 Å². The standard InChI is InChI=1S/C18H30N2O/c1-13(2)16(8-9-19)6-7-18(21)20(5)17-11-14(3)10-15(4)12-17/h10-13,16H,6-9,19H2,1-5H3. The van der Waals surface area contributed by atoms with Gasteiger partial charge in [-0.05, 0) is 68.3 Å². The first-order valence-corrected chi connectivity index (χ1v) is 7.90. The number of aryl methyl sites for hydroxylation is 2. The van der Waals surface area contributed by atoms with Crippen LogP contribution in [0.2, 0.25) is 0 Å². The molecule has 0 aliphatic rings. The maximum Gasteiger partial charge on any atom is 0.226 e. The van der Waals surface area contributed by atoms with Gasteiger partial charge >= 0.3 is 0 Å². The fourth-order valence-corrected chi connectivity index (χ4v) is 2.79. The normalized spacial score (nSPS) is 12.5. The topological polar surface area (TPSA) is 46.3 Å². The van der Waals surface area contributed by atoms with Crippen molar-refractivity contribution in [3.8, 4) is 0 Å². The van der Waals surface area contributed by atoms with Gasteiger partial charge in [-0.3, -0.25) is 4.79 Å². The van der Waals surface area contributed by atoms with Gasteiger partial charge < -0.3 is 10.6 Å². The zero-order valence-electron chi connectivity index (χ0n) is 14.1. The number of nitrogens with zero attached hydrogens (tertiary/aromatic N) is 1. The molecule has 118 valence electrons. The number of carbonyl (C=O) groups excluding carboxylic acids is 1. The van der Waals surface area contributed by atoms with Crippen LogP contribution in [0.15, 0.2) is 18.2 Å². The lowest BCUT2D eigenvalue weighted by Crippen LogP contribution is -2.27. The highest BCUT2D eigenvalue weighted by molar-refractivity contribution is 5.92. The van der Waals surface area contributed by atoms with Crippen molar-refractivity contribution in [2.75, 3.05) is 18.5 Å². The summed E-state index contributed by atoms with van der Waals surface area (Å²) < 4.78 is 0. The van der Waals surface area contributed by atoms with Crippen molar-refractivity contribution < 1.29 is 4.79 Å². The van der Waals surface area contributed by atoms with E-state index in [4.69, 9.17) is 5.73 Å². The van der Waals surface area contributed by atoms with Crippen molar-refractivity contribution in [1.82, 2.24) is 0 Å². The van der Waals surface area contributed by atoms with E-state index in [2.05, 4.69) is 45.9 Å². The van der Waals surface area contributed by atoms with Gasteiger partial charge in [0.15, 0.2) is 0 Å². The summed E-state index contributed by atoms with van der Waals surface area (Å²) in [6, 6.07) is 6.24. The number of hydrogen-bond acceptors (Lipinski definition) is 2. The molecule has 1 amide bonds. The summed E-state index contributed by atoms with van der Waals surface area (Å²) in [6.07, 6.45) is 2.51. The van der Waals surface area contributed by atoms with Crippen LogP contribution in [0.1, 0.15) is 44.2 Å². The van der Waals surface area contributed by atoms with E-state index in [-0.39, 0.29) is 5.91 Å². The Bertz CT molecular complexity index is 448. The fourth-order valence-electron chi connectivity index (χ4n) is 2.79. The summed E-state index contributed by atoms with van der Waals surface area (Å²) >= 11 is 0. The van der Waals surface area contributed by atoms with Crippen LogP contribution in [0.3, 0.4) is 0 Å². The molecule has 0 saturated carbocycles. The van der Waals surface area contributed by atoms with Gasteiger partial charge in [0.05, 0.1) is 0 Å². The molecule has 1 rings (SSSR count). The molecular formula is C18H30N2O. The Morgan fingerprint density at radius 1 is 1.14 bits per heavy atom. The summed E-state index contributed by atoms with van der Waals surface area (Å²) in [4.78, 5) is 14.2. The molecule has 21 heavy (non-hydrogen) atoms. The van der Waals surface area contributed by atoms with Crippen LogP contribution in [0.5, 0.6) is 0 Å². The van der Waals surface area contributed by atoms with Crippen LogP contribution >= 0.6 is 0 Å². The predicted octanol–water partition coefficient (Wildman–Crippen LogP) is 3.67. The largest absolute Gasteiger partial charge is 0.330 e. The number of anilines is 1. The lowest BCUT2D eigenvalue weighted by Gasteiger charge is -2.23. The predicted molar refractivity (Wildman–Crippen MR) is 90.6 cm³/mol. The molecule has 3 nitrogen and oxygen atoms in total. The monoisotopic (exact) mass is 290 g/mol. The Hall–Kier alpha value is -1.35. The molecule has 0 heterocycles. The van der Waals surface area contributed by atoms with Gasteiger partial charge in [-0.1, -0.05) is 19.9 Å². The molecule has 0 radical (unpaired) electrons. The van der Waals surface area contributed by atoms with Crippen molar-refractivity contribution in [2.45, 2.75) is 47.0 Å². The molecule has 0 fully saturated rings. The van der Waals surface area contributed by atoms with Crippen LogP contribution in [-0.4, -0.2) is 19.5 Å². The van der Waals surface area contributed by atoms with Gasteiger partial charge in [0.25, 0.3) is 0 Å². The molecule has 1 atom stereocenters. The molecule has 0 saturated heterocycles. The molecule has 0 bridgehead atoms. The number of benzene rings is 1. The highest BCUT2D eigenvalue weighted by Gasteiger charge is 2.17. The SMILES string of the molecule is Cc1cc(C)cc(N(C)C(=O)CCC(CCN)C(C)C)c1. The van der Waals surface area contributed by atoms with E-state index in [0.717, 1.165) is 18.5 Å². The lowest BCUT2D eigenvalue weighted by atomic mass is 9.88. The number of nitrogens with two attached hydrogens (primary N) is 1. The van der Waals surface area contributed by atoms with Gasteiger partial charge in [-0.2, -0.15) is 0 Å². The van der Waals surface area contributed by atoms with E-state index < -0.39 is 0 Å². The third-order valence-electron chi connectivity index (χ3n) is 4.18. The first kappa shape index (κ1) is 17.7. The number of hydrogen-bond donors (Lipinski definition) is 1. The molecular weight excluding hydrogens is 260 g/mol. The van der Waals surface area contributed by atoms with E-state index >= 15 is 0 Å². The van der Waals surface area contributed by atoms with Crippen molar-refractivity contribution in [3.63, 3.8) is 0 Å². The van der Waals surface area contributed by atoms with E-state index in [9.17, 15) is 4.79 Å². The van der Waals surface area contributed by atoms with Crippen molar-refractivity contribution in [3.05, 3.63) is 29.3 Å². The molecule has 0 aliphatic heterocycles. The summed E-state index contributed by atoms with van der Waals surface area (Å²) in [7, 11) is 1.86. The van der Waals surface area contributed by atoms with Crippen LogP contribution in [0.4, 0.5) is 5.69 Å². The molecule has 0 spiro atoms. The Kier molecular flexibility index (Phi) is 6.90. The maximum atomic E-state index is 12.4. The van der Waals surface area contributed by atoms with Gasteiger partial charge in [0, 0.05) is 19.2 Å².